The summed E-state index contributed by atoms with van der Waals surface area (Å²) in [6.45, 7) is 10.6. The highest BCUT2D eigenvalue weighted by molar-refractivity contribution is 5.58. The molecule has 104 valence electrons. The van der Waals surface area contributed by atoms with E-state index in [2.05, 4.69) is 48.9 Å². The number of rotatable bonds is 5. The van der Waals surface area contributed by atoms with Crippen LogP contribution in [0.1, 0.15) is 51.4 Å². The fourth-order valence-corrected chi connectivity index (χ4v) is 2.17. The summed E-state index contributed by atoms with van der Waals surface area (Å²) in [4.78, 5) is 2.06. The molecular formula is C15H24N4. The monoisotopic (exact) mass is 260 g/mol. The van der Waals surface area contributed by atoms with Crippen molar-refractivity contribution in [2.75, 3.05) is 11.9 Å². The van der Waals surface area contributed by atoms with Gasteiger partial charge in [0.15, 0.2) is 5.82 Å². The lowest BCUT2D eigenvalue weighted by atomic mass is 10.0. The van der Waals surface area contributed by atoms with Gasteiger partial charge in [-0.2, -0.15) is 10.4 Å². The summed E-state index contributed by atoms with van der Waals surface area (Å²) in [5, 5.41) is 18.1. The first-order chi connectivity index (χ1) is 8.97. The molecule has 0 aliphatic heterocycles. The zero-order valence-corrected chi connectivity index (χ0v) is 12.9. The molecule has 1 heterocycles. The Bertz CT molecular complexity index is 474. The first kappa shape index (κ1) is 15.4. The Hall–Kier alpha value is -1.63. The van der Waals surface area contributed by atoms with Crippen LogP contribution in [0.25, 0.3) is 0 Å². The van der Waals surface area contributed by atoms with Crippen molar-refractivity contribution < 1.29 is 0 Å². The van der Waals surface area contributed by atoms with Crippen LogP contribution < -0.4 is 4.90 Å². The highest BCUT2D eigenvalue weighted by atomic mass is 15.3. The molecule has 1 rings (SSSR count). The average molecular weight is 260 g/mol. The molecule has 0 bridgehead atoms. The van der Waals surface area contributed by atoms with E-state index in [9.17, 15) is 5.26 Å². The Kier molecular flexibility index (Phi) is 5.29. The van der Waals surface area contributed by atoms with E-state index in [0.29, 0.717) is 23.3 Å². The number of aromatic nitrogens is 2. The van der Waals surface area contributed by atoms with Crippen LogP contribution in [0.15, 0.2) is 0 Å². The maximum Gasteiger partial charge on any atom is 0.169 e. The van der Waals surface area contributed by atoms with Gasteiger partial charge >= 0.3 is 0 Å². The first-order valence-electron chi connectivity index (χ1n) is 6.99. The zero-order chi connectivity index (χ0) is 14.6. The second kappa shape index (κ2) is 6.51. The van der Waals surface area contributed by atoms with Crippen molar-refractivity contribution in [1.82, 2.24) is 10.2 Å². The molecule has 0 fully saturated rings. The molecule has 1 aromatic rings. The third-order valence-electron chi connectivity index (χ3n) is 3.85. The van der Waals surface area contributed by atoms with Crippen molar-refractivity contribution in [3.05, 3.63) is 16.8 Å². The molecule has 0 aliphatic carbocycles. The van der Waals surface area contributed by atoms with Crippen LogP contribution in [0.3, 0.4) is 0 Å². The molecule has 0 radical (unpaired) electrons. The molecule has 0 amide bonds. The molecule has 0 spiro atoms. The molecule has 0 aromatic carbocycles. The third kappa shape index (κ3) is 3.04. The lowest BCUT2D eigenvalue weighted by molar-refractivity contribution is 0.500. The Labute approximate surface area is 116 Å². The third-order valence-corrected chi connectivity index (χ3v) is 3.85. The quantitative estimate of drug-likeness (QED) is 0.816. The van der Waals surface area contributed by atoms with Crippen molar-refractivity contribution in [2.45, 2.75) is 53.5 Å². The minimum atomic E-state index is 0.318. The molecule has 0 N–H and O–H groups in total. The predicted molar refractivity (Wildman–Crippen MR) is 78.2 cm³/mol. The highest BCUT2D eigenvalue weighted by Crippen LogP contribution is 2.25. The second-order valence-electron chi connectivity index (χ2n) is 5.24. The SMILES string of the molecule is CCc1nnc(N(C)C(C)C(C)C)c(C#N)c1CC. The van der Waals surface area contributed by atoms with E-state index in [4.69, 9.17) is 0 Å². The summed E-state index contributed by atoms with van der Waals surface area (Å²) in [7, 11) is 1.99. The van der Waals surface area contributed by atoms with Gasteiger partial charge in [-0.3, -0.25) is 0 Å². The largest absolute Gasteiger partial charge is 0.354 e. The molecule has 1 aromatic heterocycles. The summed E-state index contributed by atoms with van der Waals surface area (Å²) in [5.41, 5.74) is 2.66. The van der Waals surface area contributed by atoms with E-state index in [1.54, 1.807) is 0 Å². The molecule has 4 nitrogen and oxygen atoms in total. The summed E-state index contributed by atoms with van der Waals surface area (Å²) in [6, 6.07) is 2.64. The van der Waals surface area contributed by atoms with Crippen molar-refractivity contribution in [1.29, 1.82) is 5.26 Å². The Morgan fingerprint density at radius 3 is 2.21 bits per heavy atom. The van der Waals surface area contributed by atoms with Crippen LogP contribution in [0.5, 0.6) is 0 Å². The Balaban J connectivity index is 3.34. The standard InChI is InChI=1S/C15H24N4/c1-7-12-13(9-16)15(18-17-14(12)8-2)19(6)11(5)10(3)4/h10-11H,7-8H2,1-6H3. The number of hydrogen-bond acceptors (Lipinski definition) is 4. The minimum absolute atomic E-state index is 0.318. The minimum Gasteiger partial charge on any atom is -0.354 e. The van der Waals surface area contributed by atoms with Crippen LogP contribution in [0, 0.1) is 17.2 Å². The summed E-state index contributed by atoms with van der Waals surface area (Å²) >= 11 is 0. The van der Waals surface area contributed by atoms with Crippen LogP contribution >= 0.6 is 0 Å². The van der Waals surface area contributed by atoms with Gasteiger partial charge in [0.1, 0.15) is 11.6 Å². The molecule has 0 saturated carbocycles. The molecule has 0 saturated heterocycles. The molecular weight excluding hydrogens is 236 g/mol. The van der Waals surface area contributed by atoms with Gasteiger partial charge in [-0.05, 0) is 31.2 Å². The fourth-order valence-electron chi connectivity index (χ4n) is 2.17. The van der Waals surface area contributed by atoms with E-state index in [1.807, 2.05) is 14.0 Å². The van der Waals surface area contributed by atoms with E-state index in [1.165, 1.54) is 0 Å². The van der Waals surface area contributed by atoms with Gasteiger partial charge in [-0.15, -0.1) is 5.10 Å². The number of anilines is 1. The fraction of sp³-hybridized carbons (Fsp3) is 0.667. The maximum absolute atomic E-state index is 9.48. The van der Waals surface area contributed by atoms with Gasteiger partial charge in [-0.25, -0.2) is 0 Å². The normalized spacial score (nSPS) is 12.3. The lowest BCUT2D eigenvalue weighted by Gasteiger charge is -2.29. The summed E-state index contributed by atoms with van der Waals surface area (Å²) < 4.78 is 0. The molecule has 0 aliphatic rings. The first-order valence-corrected chi connectivity index (χ1v) is 6.99. The molecule has 19 heavy (non-hydrogen) atoms. The van der Waals surface area contributed by atoms with Crippen LogP contribution in [0.4, 0.5) is 5.82 Å². The van der Waals surface area contributed by atoms with Crippen molar-refractivity contribution >= 4 is 5.82 Å². The number of nitrogens with zero attached hydrogens (tertiary/aromatic N) is 4. The molecule has 1 unspecified atom stereocenters. The van der Waals surface area contributed by atoms with Crippen LogP contribution in [-0.4, -0.2) is 23.3 Å². The highest BCUT2D eigenvalue weighted by Gasteiger charge is 2.21. The van der Waals surface area contributed by atoms with Gasteiger partial charge in [0.25, 0.3) is 0 Å². The van der Waals surface area contributed by atoms with Crippen LogP contribution in [0.2, 0.25) is 0 Å². The van der Waals surface area contributed by atoms with E-state index >= 15 is 0 Å². The van der Waals surface area contributed by atoms with Crippen LogP contribution in [-0.2, 0) is 12.8 Å². The van der Waals surface area contributed by atoms with Crippen molar-refractivity contribution in [3.8, 4) is 6.07 Å². The summed E-state index contributed by atoms with van der Waals surface area (Å²) in [6.07, 6.45) is 1.63. The van der Waals surface area contributed by atoms with Gasteiger partial charge < -0.3 is 4.90 Å². The second-order valence-corrected chi connectivity index (χ2v) is 5.24. The number of hydrogen-bond donors (Lipinski definition) is 0. The average Bonchev–Trinajstić information content (AvgIpc) is 2.43. The lowest BCUT2D eigenvalue weighted by Crippen LogP contribution is -2.35. The molecule has 1 atom stereocenters. The predicted octanol–water partition coefficient (Wildman–Crippen LogP) is 2.95. The van der Waals surface area contributed by atoms with Crippen molar-refractivity contribution in [3.63, 3.8) is 0 Å². The zero-order valence-electron chi connectivity index (χ0n) is 12.9. The molecule has 4 heteroatoms. The maximum atomic E-state index is 9.48. The number of aryl methyl sites for hydroxylation is 1. The Morgan fingerprint density at radius 1 is 1.16 bits per heavy atom. The smallest absolute Gasteiger partial charge is 0.169 e. The van der Waals surface area contributed by atoms with Gasteiger partial charge in [0.2, 0.25) is 0 Å². The van der Waals surface area contributed by atoms with E-state index in [0.717, 1.165) is 24.1 Å². The topological polar surface area (TPSA) is 52.8 Å². The van der Waals surface area contributed by atoms with E-state index < -0.39 is 0 Å². The van der Waals surface area contributed by atoms with Gasteiger partial charge in [0, 0.05) is 13.1 Å². The number of nitriles is 1. The van der Waals surface area contributed by atoms with E-state index in [-0.39, 0.29) is 0 Å². The summed E-state index contributed by atoms with van der Waals surface area (Å²) in [5.74, 6) is 1.20. The van der Waals surface area contributed by atoms with Gasteiger partial charge in [-0.1, -0.05) is 27.7 Å². The Morgan fingerprint density at radius 2 is 1.79 bits per heavy atom. The van der Waals surface area contributed by atoms with Gasteiger partial charge in [0.05, 0.1) is 5.69 Å². The van der Waals surface area contributed by atoms with Crippen molar-refractivity contribution in [2.24, 2.45) is 5.92 Å².